The molecule has 1 heterocycles. The van der Waals surface area contributed by atoms with Crippen LogP contribution < -0.4 is 5.32 Å². The Morgan fingerprint density at radius 1 is 1.35 bits per heavy atom. The van der Waals surface area contributed by atoms with Gasteiger partial charge in [-0.2, -0.15) is 0 Å². The molecule has 0 saturated heterocycles. The Hall–Kier alpha value is -2.37. The molecule has 1 atom stereocenters. The molecule has 0 bridgehead atoms. The summed E-state index contributed by atoms with van der Waals surface area (Å²) in [5, 5.41) is 6.93. The van der Waals surface area contributed by atoms with Crippen LogP contribution in [0.2, 0.25) is 0 Å². The van der Waals surface area contributed by atoms with Crippen LogP contribution in [0, 0.1) is 6.92 Å². The van der Waals surface area contributed by atoms with E-state index in [0.29, 0.717) is 12.5 Å². The van der Waals surface area contributed by atoms with Gasteiger partial charge in [-0.25, -0.2) is 0 Å². The summed E-state index contributed by atoms with van der Waals surface area (Å²) in [5.41, 5.74) is 2.87. The largest absolute Gasteiger partial charge is 0.382 e. The first-order chi connectivity index (χ1) is 11.0. The lowest BCUT2D eigenvalue weighted by Gasteiger charge is -2.19. The van der Waals surface area contributed by atoms with Crippen molar-refractivity contribution in [3.8, 4) is 0 Å². The topological polar surface area (TPSA) is 71.0 Å². The zero-order chi connectivity index (χ0) is 16.4. The summed E-state index contributed by atoms with van der Waals surface area (Å²) in [6.45, 7) is 2.05. The number of aryl methyl sites for hydroxylation is 1. The summed E-state index contributed by atoms with van der Waals surface area (Å²) in [5.74, 6) is -0.343. The Kier molecular flexibility index (Phi) is 4.32. The molecule has 1 aromatic rings. The van der Waals surface area contributed by atoms with Crippen LogP contribution in [0.5, 0.6) is 0 Å². The number of likely N-dealkylation sites (N-methyl/N-ethyl adjacent to an activating group) is 1. The summed E-state index contributed by atoms with van der Waals surface area (Å²) in [7, 11) is 1.62. The van der Waals surface area contributed by atoms with Gasteiger partial charge < -0.3 is 15.1 Å². The second-order valence-corrected chi connectivity index (χ2v) is 6.19. The van der Waals surface area contributed by atoms with Crippen LogP contribution >= 0.6 is 0 Å². The fraction of sp³-hybridized carbons (Fsp3) is 0.471. The molecule has 3 rings (SSSR count). The van der Waals surface area contributed by atoms with Gasteiger partial charge >= 0.3 is 0 Å². The zero-order valence-corrected chi connectivity index (χ0v) is 13.4. The second-order valence-electron chi connectivity index (χ2n) is 6.19. The lowest BCUT2D eigenvalue weighted by Crippen LogP contribution is -2.43. The zero-order valence-electron chi connectivity index (χ0n) is 13.4. The van der Waals surface area contributed by atoms with Crippen LogP contribution in [0.1, 0.15) is 30.4 Å². The van der Waals surface area contributed by atoms with Gasteiger partial charge in [-0.15, -0.1) is 0 Å². The highest BCUT2D eigenvalue weighted by Gasteiger charge is 2.32. The number of amides is 2. The quantitative estimate of drug-likeness (QED) is 0.888. The van der Waals surface area contributed by atoms with Crippen molar-refractivity contribution in [1.29, 1.82) is 0 Å². The molecule has 0 unspecified atom stereocenters. The van der Waals surface area contributed by atoms with Crippen molar-refractivity contribution < 1.29 is 14.4 Å². The smallest absolute Gasteiger partial charge is 0.267 e. The monoisotopic (exact) mass is 315 g/mol. The van der Waals surface area contributed by atoms with Crippen molar-refractivity contribution in [2.75, 3.05) is 13.6 Å². The molecule has 0 aromatic heterocycles. The van der Waals surface area contributed by atoms with E-state index < -0.39 is 6.10 Å². The van der Waals surface area contributed by atoms with E-state index >= 15 is 0 Å². The van der Waals surface area contributed by atoms with Crippen molar-refractivity contribution >= 4 is 17.5 Å². The Morgan fingerprint density at radius 3 is 2.78 bits per heavy atom. The molecule has 1 aliphatic carbocycles. The van der Waals surface area contributed by atoms with Crippen molar-refractivity contribution in [2.24, 2.45) is 5.16 Å². The van der Waals surface area contributed by atoms with Crippen molar-refractivity contribution in [1.82, 2.24) is 10.2 Å². The Bertz CT molecular complexity index is 652. The van der Waals surface area contributed by atoms with Crippen LogP contribution in [0.3, 0.4) is 0 Å². The van der Waals surface area contributed by atoms with Gasteiger partial charge in [-0.05, 0) is 25.3 Å². The number of carbonyl (C=O) groups excluding carboxylic acids is 2. The molecule has 23 heavy (non-hydrogen) atoms. The number of nitrogens with one attached hydrogen (secondary N) is 1. The lowest BCUT2D eigenvalue weighted by molar-refractivity contribution is -0.143. The molecular formula is C17H21N3O3. The van der Waals surface area contributed by atoms with E-state index in [9.17, 15) is 9.59 Å². The predicted molar refractivity (Wildman–Crippen MR) is 86.0 cm³/mol. The van der Waals surface area contributed by atoms with E-state index in [1.165, 1.54) is 4.90 Å². The van der Waals surface area contributed by atoms with Gasteiger partial charge in [0.1, 0.15) is 0 Å². The molecule has 2 amide bonds. The van der Waals surface area contributed by atoms with E-state index in [1.54, 1.807) is 7.05 Å². The normalized spacial score (nSPS) is 19.7. The maximum absolute atomic E-state index is 12.4. The van der Waals surface area contributed by atoms with E-state index in [0.717, 1.165) is 29.7 Å². The molecule has 6 nitrogen and oxygen atoms in total. The van der Waals surface area contributed by atoms with Crippen LogP contribution in [-0.2, 0) is 14.4 Å². The number of benzene rings is 1. The molecule has 1 aromatic carbocycles. The maximum Gasteiger partial charge on any atom is 0.267 e. The molecule has 122 valence electrons. The molecule has 1 saturated carbocycles. The predicted octanol–water partition coefficient (Wildman–Crippen LogP) is 1.23. The number of carbonyl (C=O) groups is 2. The number of hydrogen-bond acceptors (Lipinski definition) is 4. The third-order valence-corrected chi connectivity index (χ3v) is 4.10. The Morgan fingerprint density at radius 2 is 2.09 bits per heavy atom. The van der Waals surface area contributed by atoms with Gasteiger partial charge in [0.25, 0.3) is 5.91 Å². The molecule has 2 aliphatic rings. The highest BCUT2D eigenvalue weighted by atomic mass is 16.6. The van der Waals surface area contributed by atoms with Crippen LogP contribution in [0.4, 0.5) is 0 Å². The lowest BCUT2D eigenvalue weighted by atomic mass is 10.00. The second kappa shape index (κ2) is 6.40. The SMILES string of the molecule is Cc1ccccc1C1=NO[C@@H](C(=O)N(C)CC(=O)NC2CC2)C1. The first kappa shape index (κ1) is 15.5. The van der Waals surface area contributed by atoms with Crippen molar-refractivity contribution in [3.63, 3.8) is 0 Å². The van der Waals surface area contributed by atoms with Crippen LogP contribution in [-0.4, -0.2) is 48.2 Å². The van der Waals surface area contributed by atoms with Gasteiger partial charge in [0.15, 0.2) is 0 Å². The highest BCUT2D eigenvalue weighted by Crippen LogP contribution is 2.21. The summed E-state index contributed by atoms with van der Waals surface area (Å²) < 4.78 is 0. The fourth-order valence-electron chi connectivity index (χ4n) is 2.61. The van der Waals surface area contributed by atoms with Gasteiger partial charge in [-0.1, -0.05) is 29.4 Å². The third kappa shape index (κ3) is 3.70. The molecule has 0 spiro atoms. The summed E-state index contributed by atoms with van der Waals surface area (Å²) in [6, 6.07) is 8.17. The van der Waals surface area contributed by atoms with E-state index in [2.05, 4.69) is 10.5 Å². The van der Waals surface area contributed by atoms with Crippen LogP contribution in [0.25, 0.3) is 0 Å². The average Bonchev–Trinajstić information content (AvgIpc) is 3.20. The first-order valence-corrected chi connectivity index (χ1v) is 7.87. The Balaban J connectivity index is 1.55. The van der Waals surface area contributed by atoms with Gasteiger partial charge in [0.05, 0.1) is 12.3 Å². The van der Waals surface area contributed by atoms with Crippen molar-refractivity contribution in [2.45, 2.75) is 38.3 Å². The minimum absolute atomic E-state index is 0.0505. The standard InChI is InChI=1S/C17H21N3O3/c1-11-5-3-4-6-13(11)14-9-15(23-19-14)17(22)20(2)10-16(21)18-12-7-8-12/h3-6,12,15H,7-10H2,1-2H3,(H,18,21)/t15-/m1/s1. The minimum Gasteiger partial charge on any atom is -0.382 e. The maximum atomic E-state index is 12.4. The van der Waals surface area contributed by atoms with E-state index in [4.69, 9.17) is 4.84 Å². The summed E-state index contributed by atoms with van der Waals surface area (Å²) in [4.78, 5) is 30.9. The van der Waals surface area contributed by atoms with Crippen molar-refractivity contribution in [3.05, 3.63) is 35.4 Å². The van der Waals surface area contributed by atoms with Gasteiger partial charge in [-0.3, -0.25) is 9.59 Å². The van der Waals surface area contributed by atoms with Gasteiger partial charge in [0, 0.05) is 25.1 Å². The van der Waals surface area contributed by atoms with E-state index in [1.807, 2.05) is 31.2 Å². The molecular weight excluding hydrogens is 294 g/mol. The average molecular weight is 315 g/mol. The number of oxime groups is 1. The third-order valence-electron chi connectivity index (χ3n) is 4.10. The molecule has 0 radical (unpaired) electrons. The number of rotatable bonds is 5. The number of hydrogen-bond donors (Lipinski definition) is 1. The molecule has 1 aliphatic heterocycles. The summed E-state index contributed by atoms with van der Waals surface area (Å²) in [6.07, 6.45) is 1.84. The summed E-state index contributed by atoms with van der Waals surface area (Å²) >= 11 is 0. The van der Waals surface area contributed by atoms with Gasteiger partial charge in [0.2, 0.25) is 12.0 Å². The fourth-order valence-corrected chi connectivity index (χ4v) is 2.61. The molecule has 6 heteroatoms. The highest BCUT2D eigenvalue weighted by molar-refractivity contribution is 6.05. The minimum atomic E-state index is -0.650. The molecule has 1 fully saturated rings. The van der Waals surface area contributed by atoms with E-state index in [-0.39, 0.29) is 18.4 Å². The Labute approximate surface area is 135 Å². The number of nitrogens with zero attached hydrogens (tertiary/aromatic N) is 2. The van der Waals surface area contributed by atoms with Crippen LogP contribution in [0.15, 0.2) is 29.4 Å². The first-order valence-electron chi connectivity index (χ1n) is 7.87. The molecule has 1 N–H and O–H groups in total.